The number of rotatable bonds is 5. The Morgan fingerprint density at radius 3 is 2.53 bits per heavy atom. The minimum Gasteiger partial charge on any atom is -0.398 e. The highest BCUT2D eigenvalue weighted by molar-refractivity contribution is 5.99. The number of nitrogen functional groups attached to an aromatic ring is 1. The second-order valence-corrected chi connectivity index (χ2v) is 5.22. The van der Waals surface area contributed by atoms with Crippen molar-refractivity contribution in [2.75, 3.05) is 26.4 Å². The molecule has 0 radical (unpaired) electrons. The third kappa shape index (κ3) is 4.21. The predicted octanol–water partition coefficient (Wildman–Crippen LogP) is 1.72. The van der Waals surface area contributed by atoms with Crippen LogP contribution in [-0.2, 0) is 0 Å². The number of nitrogens with zero attached hydrogens (tertiary/aromatic N) is 1. The van der Waals surface area contributed by atoms with Crippen LogP contribution in [-0.4, -0.2) is 37.5 Å². The maximum Gasteiger partial charge on any atom is 0.253 e. The van der Waals surface area contributed by atoms with Crippen molar-refractivity contribution < 1.29 is 9.18 Å². The SMILES string of the molecule is CC(C)C(CNC(=O)c1ccc(F)cc1N)N(C)C. The minimum atomic E-state index is -0.442. The van der Waals surface area contributed by atoms with Crippen LogP contribution in [0.1, 0.15) is 24.2 Å². The first-order valence-electron chi connectivity index (χ1n) is 6.32. The monoisotopic (exact) mass is 267 g/mol. The Hall–Kier alpha value is -1.62. The maximum atomic E-state index is 12.9. The molecule has 0 bridgehead atoms. The van der Waals surface area contributed by atoms with Crippen LogP contribution in [0, 0.1) is 11.7 Å². The lowest BCUT2D eigenvalue weighted by molar-refractivity contribution is 0.0935. The zero-order chi connectivity index (χ0) is 14.6. The van der Waals surface area contributed by atoms with Crippen LogP contribution in [0.4, 0.5) is 10.1 Å². The topological polar surface area (TPSA) is 58.4 Å². The second-order valence-electron chi connectivity index (χ2n) is 5.22. The average Bonchev–Trinajstić information content (AvgIpc) is 2.27. The normalized spacial score (nSPS) is 12.8. The summed E-state index contributed by atoms with van der Waals surface area (Å²) in [6, 6.07) is 4.03. The van der Waals surface area contributed by atoms with Crippen LogP contribution in [0.25, 0.3) is 0 Å². The number of nitrogens with one attached hydrogen (secondary N) is 1. The number of carbonyl (C=O) groups is 1. The van der Waals surface area contributed by atoms with Gasteiger partial charge in [0.05, 0.1) is 5.56 Å². The summed E-state index contributed by atoms with van der Waals surface area (Å²) in [7, 11) is 3.95. The van der Waals surface area contributed by atoms with Crippen molar-refractivity contribution in [1.29, 1.82) is 0 Å². The van der Waals surface area contributed by atoms with Gasteiger partial charge in [0.1, 0.15) is 5.82 Å². The molecule has 5 heteroatoms. The molecule has 0 heterocycles. The van der Waals surface area contributed by atoms with E-state index in [4.69, 9.17) is 5.73 Å². The number of carbonyl (C=O) groups excluding carboxylic acids is 1. The summed E-state index contributed by atoms with van der Waals surface area (Å²) in [5.41, 5.74) is 6.10. The summed E-state index contributed by atoms with van der Waals surface area (Å²) >= 11 is 0. The quantitative estimate of drug-likeness (QED) is 0.799. The molecule has 106 valence electrons. The van der Waals surface area contributed by atoms with E-state index < -0.39 is 5.82 Å². The highest BCUT2D eigenvalue weighted by Crippen LogP contribution is 2.13. The van der Waals surface area contributed by atoms with Gasteiger partial charge in [-0.2, -0.15) is 0 Å². The van der Waals surface area contributed by atoms with Gasteiger partial charge < -0.3 is 16.0 Å². The van der Waals surface area contributed by atoms with E-state index in [9.17, 15) is 9.18 Å². The van der Waals surface area contributed by atoms with Crippen LogP contribution >= 0.6 is 0 Å². The fraction of sp³-hybridized carbons (Fsp3) is 0.500. The van der Waals surface area contributed by atoms with Gasteiger partial charge in [-0.05, 0) is 38.2 Å². The van der Waals surface area contributed by atoms with Gasteiger partial charge in [-0.15, -0.1) is 0 Å². The van der Waals surface area contributed by atoms with E-state index in [-0.39, 0.29) is 17.6 Å². The molecule has 4 nitrogen and oxygen atoms in total. The number of hydrogen-bond donors (Lipinski definition) is 2. The summed E-state index contributed by atoms with van der Waals surface area (Å²) in [4.78, 5) is 14.1. The molecule has 0 aliphatic heterocycles. The Bertz CT molecular complexity index is 438. The molecular weight excluding hydrogens is 245 g/mol. The molecule has 0 aromatic heterocycles. The second kappa shape index (κ2) is 6.52. The van der Waals surface area contributed by atoms with E-state index in [2.05, 4.69) is 24.1 Å². The van der Waals surface area contributed by atoms with Gasteiger partial charge in [0, 0.05) is 18.3 Å². The highest BCUT2D eigenvalue weighted by Gasteiger charge is 2.18. The number of benzene rings is 1. The van der Waals surface area contributed by atoms with Crippen molar-refractivity contribution >= 4 is 11.6 Å². The van der Waals surface area contributed by atoms with Gasteiger partial charge in [-0.25, -0.2) is 4.39 Å². The van der Waals surface area contributed by atoms with Crippen molar-refractivity contribution in [1.82, 2.24) is 10.2 Å². The van der Waals surface area contributed by atoms with Crippen molar-refractivity contribution in [3.8, 4) is 0 Å². The van der Waals surface area contributed by atoms with Crippen LogP contribution in [0.5, 0.6) is 0 Å². The van der Waals surface area contributed by atoms with E-state index in [1.807, 2.05) is 14.1 Å². The molecule has 3 N–H and O–H groups in total. The number of nitrogens with two attached hydrogens (primary N) is 1. The van der Waals surface area contributed by atoms with E-state index in [0.29, 0.717) is 18.0 Å². The molecule has 0 saturated heterocycles. The Kier molecular flexibility index (Phi) is 5.30. The van der Waals surface area contributed by atoms with E-state index in [1.165, 1.54) is 12.1 Å². The molecular formula is C14H22FN3O. The molecule has 0 aliphatic carbocycles. The van der Waals surface area contributed by atoms with Gasteiger partial charge in [0.25, 0.3) is 5.91 Å². The molecule has 19 heavy (non-hydrogen) atoms. The van der Waals surface area contributed by atoms with Crippen molar-refractivity contribution in [3.63, 3.8) is 0 Å². The molecule has 0 aliphatic rings. The van der Waals surface area contributed by atoms with E-state index in [1.54, 1.807) is 0 Å². The lowest BCUT2D eigenvalue weighted by atomic mass is 10.0. The molecule has 1 rings (SSSR count). The van der Waals surface area contributed by atoms with Gasteiger partial charge >= 0.3 is 0 Å². The number of hydrogen-bond acceptors (Lipinski definition) is 3. The van der Waals surface area contributed by atoms with Gasteiger partial charge in [0.2, 0.25) is 0 Å². The number of halogens is 1. The fourth-order valence-electron chi connectivity index (χ4n) is 2.05. The average molecular weight is 267 g/mol. The van der Waals surface area contributed by atoms with Crippen LogP contribution < -0.4 is 11.1 Å². The molecule has 0 spiro atoms. The predicted molar refractivity (Wildman–Crippen MR) is 75.5 cm³/mol. The number of likely N-dealkylation sites (N-methyl/N-ethyl adjacent to an activating group) is 1. The lowest BCUT2D eigenvalue weighted by Crippen LogP contribution is -2.43. The Morgan fingerprint density at radius 2 is 2.05 bits per heavy atom. The Labute approximate surface area is 113 Å². The Morgan fingerprint density at radius 1 is 1.42 bits per heavy atom. The Balaban J connectivity index is 2.69. The molecule has 1 aromatic carbocycles. The van der Waals surface area contributed by atoms with Gasteiger partial charge in [0.15, 0.2) is 0 Å². The number of amides is 1. The zero-order valence-corrected chi connectivity index (χ0v) is 11.9. The first kappa shape index (κ1) is 15.4. The summed E-state index contributed by atoms with van der Waals surface area (Å²) in [6.07, 6.45) is 0. The molecule has 1 atom stereocenters. The fourth-order valence-corrected chi connectivity index (χ4v) is 2.05. The molecule has 0 saturated carbocycles. The zero-order valence-electron chi connectivity index (χ0n) is 11.9. The van der Waals surface area contributed by atoms with Crippen molar-refractivity contribution in [2.24, 2.45) is 5.92 Å². The summed E-state index contributed by atoms with van der Waals surface area (Å²) < 4.78 is 12.9. The standard InChI is InChI=1S/C14H22FN3O/c1-9(2)13(18(3)4)8-17-14(19)11-6-5-10(15)7-12(11)16/h5-7,9,13H,8,16H2,1-4H3,(H,17,19). The van der Waals surface area contributed by atoms with Crippen molar-refractivity contribution in [2.45, 2.75) is 19.9 Å². The summed E-state index contributed by atoms with van der Waals surface area (Å²) in [5, 5.41) is 2.84. The summed E-state index contributed by atoms with van der Waals surface area (Å²) in [6.45, 7) is 4.73. The molecule has 1 unspecified atom stereocenters. The number of anilines is 1. The highest BCUT2D eigenvalue weighted by atomic mass is 19.1. The largest absolute Gasteiger partial charge is 0.398 e. The van der Waals surface area contributed by atoms with Crippen molar-refractivity contribution in [3.05, 3.63) is 29.6 Å². The van der Waals surface area contributed by atoms with E-state index in [0.717, 1.165) is 6.07 Å². The third-order valence-corrected chi connectivity index (χ3v) is 3.16. The molecule has 1 aromatic rings. The first-order valence-corrected chi connectivity index (χ1v) is 6.32. The molecule has 1 amide bonds. The minimum absolute atomic E-state index is 0.156. The van der Waals surface area contributed by atoms with Crippen LogP contribution in [0.3, 0.4) is 0 Å². The third-order valence-electron chi connectivity index (χ3n) is 3.16. The lowest BCUT2D eigenvalue weighted by Gasteiger charge is -2.28. The van der Waals surface area contributed by atoms with Crippen LogP contribution in [0.2, 0.25) is 0 Å². The van der Waals surface area contributed by atoms with Crippen LogP contribution in [0.15, 0.2) is 18.2 Å². The van der Waals surface area contributed by atoms with Gasteiger partial charge in [-0.3, -0.25) is 4.79 Å². The maximum absolute atomic E-state index is 12.9. The molecule has 0 fully saturated rings. The van der Waals surface area contributed by atoms with E-state index >= 15 is 0 Å². The smallest absolute Gasteiger partial charge is 0.253 e. The van der Waals surface area contributed by atoms with Gasteiger partial charge in [-0.1, -0.05) is 13.8 Å². The first-order chi connectivity index (χ1) is 8.82. The summed E-state index contributed by atoms with van der Waals surface area (Å²) in [5.74, 6) is -0.298.